The van der Waals surface area contributed by atoms with Crippen molar-refractivity contribution in [3.63, 3.8) is 0 Å². The smallest absolute Gasteiger partial charge is 0.156 e. The summed E-state index contributed by atoms with van der Waals surface area (Å²) in [4.78, 5) is 7.10. The van der Waals surface area contributed by atoms with E-state index in [2.05, 4.69) is 43.0 Å². The monoisotopic (exact) mass is 269 g/mol. The van der Waals surface area contributed by atoms with Gasteiger partial charge in [-0.3, -0.25) is 4.99 Å². The van der Waals surface area contributed by atoms with Crippen molar-refractivity contribution >= 4 is 16.9 Å². The quantitative estimate of drug-likeness (QED) is 0.834. The van der Waals surface area contributed by atoms with Crippen molar-refractivity contribution in [2.24, 2.45) is 15.8 Å². The van der Waals surface area contributed by atoms with Crippen LogP contribution in [0.4, 0.5) is 0 Å². The molecular formula is C14H27N3S. The number of hydrogen-bond donors (Lipinski definition) is 1. The lowest BCUT2D eigenvalue weighted by Gasteiger charge is -2.38. The van der Waals surface area contributed by atoms with Crippen LogP contribution in [0.25, 0.3) is 0 Å². The van der Waals surface area contributed by atoms with Gasteiger partial charge in [-0.25, -0.2) is 0 Å². The Morgan fingerprint density at radius 3 is 2.50 bits per heavy atom. The lowest BCUT2D eigenvalue weighted by atomic mass is 9.80. The highest BCUT2D eigenvalue weighted by Gasteiger charge is 2.30. The van der Waals surface area contributed by atoms with Crippen LogP contribution in [0, 0.1) is 10.8 Å². The van der Waals surface area contributed by atoms with E-state index in [0.717, 1.165) is 18.3 Å². The Morgan fingerprint density at radius 2 is 1.94 bits per heavy atom. The molecule has 2 aliphatic rings. The molecule has 4 heteroatoms. The SMILES string of the molecule is CN1CCC(C)(CNC2=NCC(C)(C)CS2)CC1. The number of amidine groups is 1. The second kappa shape index (κ2) is 5.41. The molecule has 2 aliphatic heterocycles. The van der Waals surface area contributed by atoms with Gasteiger partial charge in [0.2, 0.25) is 0 Å². The third-order valence-corrected chi connectivity index (χ3v) is 5.58. The van der Waals surface area contributed by atoms with E-state index in [4.69, 9.17) is 0 Å². The Morgan fingerprint density at radius 1 is 1.28 bits per heavy atom. The molecule has 0 spiro atoms. The topological polar surface area (TPSA) is 27.6 Å². The van der Waals surface area contributed by atoms with Crippen molar-refractivity contribution in [3.05, 3.63) is 0 Å². The molecule has 0 radical (unpaired) electrons. The number of piperidine rings is 1. The molecule has 104 valence electrons. The first kappa shape index (κ1) is 14.2. The van der Waals surface area contributed by atoms with E-state index in [0.29, 0.717) is 10.8 Å². The minimum absolute atomic E-state index is 0.368. The number of aliphatic imine (C=N–C) groups is 1. The fourth-order valence-electron chi connectivity index (χ4n) is 2.37. The second-order valence-electron chi connectivity index (χ2n) is 7.04. The summed E-state index contributed by atoms with van der Waals surface area (Å²) in [5.41, 5.74) is 0.815. The van der Waals surface area contributed by atoms with Crippen LogP contribution in [0.1, 0.15) is 33.6 Å². The third-order valence-electron chi connectivity index (χ3n) is 4.11. The fraction of sp³-hybridized carbons (Fsp3) is 0.929. The molecule has 2 heterocycles. The van der Waals surface area contributed by atoms with E-state index in [1.807, 2.05) is 11.8 Å². The predicted octanol–water partition coefficient (Wildman–Crippen LogP) is 2.44. The van der Waals surface area contributed by atoms with Gasteiger partial charge in [0.15, 0.2) is 5.17 Å². The van der Waals surface area contributed by atoms with Crippen LogP contribution in [0.15, 0.2) is 4.99 Å². The zero-order valence-electron chi connectivity index (χ0n) is 12.3. The number of thioether (sulfide) groups is 1. The molecule has 0 aromatic carbocycles. The molecule has 1 fully saturated rings. The van der Waals surface area contributed by atoms with Gasteiger partial charge >= 0.3 is 0 Å². The van der Waals surface area contributed by atoms with Gasteiger partial charge in [0.05, 0.1) is 0 Å². The normalized spacial score (nSPS) is 27.7. The highest BCUT2D eigenvalue weighted by Crippen LogP contribution is 2.31. The summed E-state index contributed by atoms with van der Waals surface area (Å²) in [6.45, 7) is 11.5. The van der Waals surface area contributed by atoms with Gasteiger partial charge in [0.1, 0.15) is 0 Å². The van der Waals surface area contributed by atoms with E-state index in [1.54, 1.807) is 0 Å². The Balaban J connectivity index is 1.80. The van der Waals surface area contributed by atoms with E-state index >= 15 is 0 Å². The summed E-state index contributed by atoms with van der Waals surface area (Å²) < 4.78 is 0. The predicted molar refractivity (Wildman–Crippen MR) is 81.4 cm³/mol. The summed E-state index contributed by atoms with van der Waals surface area (Å²) in [6.07, 6.45) is 2.58. The molecule has 3 nitrogen and oxygen atoms in total. The van der Waals surface area contributed by atoms with Crippen LogP contribution < -0.4 is 5.32 Å². The maximum Gasteiger partial charge on any atom is 0.156 e. The molecule has 0 saturated carbocycles. The number of nitrogens with one attached hydrogen (secondary N) is 1. The maximum atomic E-state index is 4.67. The largest absolute Gasteiger partial charge is 0.364 e. The molecule has 0 aromatic rings. The zero-order valence-corrected chi connectivity index (χ0v) is 13.1. The lowest BCUT2D eigenvalue weighted by molar-refractivity contribution is 0.142. The van der Waals surface area contributed by atoms with E-state index in [9.17, 15) is 0 Å². The van der Waals surface area contributed by atoms with Gasteiger partial charge in [-0.15, -0.1) is 0 Å². The number of hydrogen-bond acceptors (Lipinski definition) is 4. The average molecular weight is 269 g/mol. The number of rotatable bonds is 2. The molecule has 0 unspecified atom stereocenters. The first-order valence-electron chi connectivity index (χ1n) is 6.98. The van der Waals surface area contributed by atoms with Crippen LogP contribution in [0.5, 0.6) is 0 Å². The minimum Gasteiger partial charge on any atom is -0.364 e. The van der Waals surface area contributed by atoms with Crippen molar-refractivity contribution in [1.29, 1.82) is 0 Å². The van der Waals surface area contributed by atoms with E-state index < -0.39 is 0 Å². The highest BCUT2D eigenvalue weighted by molar-refractivity contribution is 8.13. The molecular weight excluding hydrogens is 242 g/mol. The Labute approximate surface area is 116 Å². The van der Waals surface area contributed by atoms with E-state index in [-0.39, 0.29) is 0 Å². The Kier molecular flexibility index (Phi) is 4.27. The van der Waals surface area contributed by atoms with E-state index in [1.165, 1.54) is 31.7 Å². The molecule has 0 aromatic heterocycles. The van der Waals surface area contributed by atoms with Gasteiger partial charge in [0, 0.05) is 18.8 Å². The van der Waals surface area contributed by atoms with Crippen LogP contribution in [-0.2, 0) is 0 Å². The highest BCUT2D eigenvalue weighted by atomic mass is 32.2. The summed E-state index contributed by atoms with van der Waals surface area (Å²) in [5.74, 6) is 1.18. The van der Waals surface area contributed by atoms with Crippen LogP contribution >= 0.6 is 11.8 Å². The maximum absolute atomic E-state index is 4.67. The van der Waals surface area contributed by atoms with Crippen LogP contribution in [-0.4, -0.2) is 49.0 Å². The summed E-state index contributed by atoms with van der Waals surface area (Å²) >= 11 is 1.89. The zero-order chi connectivity index (χ0) is 13.2. The molecule has 18 heavy (non-hydrogen) atoms. The standard InChI is InChI=1S/C14H27N3S/c1-13(2)9-15-12(18-11-13)16-10-14(3)5-7-17(4)8-6-14/h5-11H2,1-4H3,(H,15,16). The molecule has 1 N–H and O–H groups in total. The first-order chi connectivity index (χ1) is 8.39. The lowest BCUT2D eigenvalue weighted by Crippen LogP contribution is -2.43. The van der Waals surface area contributed by atoms with Crippen molar-refractivity contribution < 1.29 is 0 Å². The summed E-state index contributed by atoms with van der Waals surface area (Å²) in [6, 6.07) is 0. The summed E-state index contributed by atoms with van der Waals surface area (Å²) in [5, 5.41) is 4.74. The number of likely N-dealkylation sites (tertiary alicyclic amines) is 1. The van der Waals surface area contributed by atoms with Crippen LogP contribution in [0.3, 0.4) is 0 Å². The molecule has 0 aliphatic carbocycles. The minimum atomic E-state index is 0.368. The van der Waals surface area contributed by atoms with Gasteiger partial charge in [-0.2, -0.15) is 0 Å². The fourth-order valence-corrected chi connectivity index (χ4v) is 3.32. The first-order valence-corrected chi connectivity index (χ1v) is 7.97. The molecule has 2 rings (SSSR count). The summed E-state index contributed by atoms with van der Waals surface area (Å²) in [7, 11) is 2.22. The molecule has 0 atom stereocenters. The van der Waals surface area contributed by atoms with Gasteiger partial charge in [-0.1, -0.05) is 32.5 Å². The molecule has 0 amide bonds. The Bertz CT molecular complexity index is 317. The van der Waals surface area contributed by atoms with Crippen LogP contribution in [0.2, 0.25) is 0 Å². The average Bonchev–Trinajstić information content (AvgIpc) is 2.32. The Hall–Kier alpha value is -0.220. The van der Waals surface area contributed by atoms with Gasteiger partial charge in [0.25, 0.3) is 0 Å². The van der Waals surface area contributed by atoms with Crippen molar-refractivity contribution in [3.8, 4) is 0 Å². The molecule has 0 bridgehead atoms. The van der Waals surface area contributed by atoms with Crippen molar-refractivity contribution in [2.45, 2.75) is 33.6 Å². The van der Waals surface area contributed by atoms with Gasteiger partial charge in [-0.05, 0) is 43.8 Å². The second-order valence-corrected chi connectivity index (χ2v) is 8.01. The molecule has 1 saturated heterocycles. The van der Waals surface area contributed by atoms with Crippen molar-refractivity contribution in [2.75, 3.05) is 39.0 Å². The third kappa shape index (κ3) is 3.89. The van der Waals surface area contributed by atoms with Gasteiger partial charge < -0.3 is 10.2 Å². The van der Waals surface area contributed by atoms with Crippen molar-refractivity contribution in [1.82, 2.24) is 10.2 Å². The number of nitrogens with zero attached hydrogens (tertiary/aromatic N) is 2.